The SMILES string of the molecule is CC(Sc1nc2c(c(=O)[nH]1)CCCC2)C(=O)Nc1ccccc1. The summed E-state index contributed by atoms with van der Waals surface area (Å²) in [6, 6.07) is 9.32. The Balaban J connectivity index is 1.70. The number of nitrogens with zero attached hydrogens (tertiary/aromatic N) is 1. The van der Waals surface area contributed by atoms with E-state index in [1.54, 1.807) is 0 Å². The van der Waals surface area contributed by atoms with Gasteiger partial charge in [-0.25, -0.2) is 4.98 Å². The smallest absolute Gasteiger partial charge is 0.254 e. The van der Waals surface area contributed by atoms with Crippen molar-refractivity contribution in [2.45, 2.75) is 43.0 Å². The molecule has 1 aromatic heterocycles. The number of hydrogen-bond acceptors (Lipinski definition) is 4. The molecule has 0 saturated heterocycles. The first kappa shape index (κ1) is 15.8. The highest BCUT2D eigenvalue weighted by molar-refractivity contribution is 8.00. The molecule has 0 radical (unpaired) electrons. The molecule has 1 amide bonds. The van der Waals surface area contributed by atoms with Crippen molar-refractivity contribution >= 4 is 23.4 Å². The van der Waals surface area contributed by atoms with Crippen LogP contribution in [-0.2, 0) is 17.6 Å². The van der Waals surface area contributed by atoms with Crippen molar-refractivity contribution in [1.82, 2.24) is 9.97 Å². The van der Waals surface area contributed by atoms with E-state index in [1.807, 2.05) is 37.3 Å². The second-order valence-corrected chi connectivity index (χ2v) is 6.95. The Morgan fingerprint density at radius 2 is 2.00 bits per heavy atom. The molecule has 0 aliphatic heterocycles. The highest BCUT2D eigenvalue weighted by Crippen LogP contribution is 2.23. The first-order valence-electron chi connectivity index (χ1n) is 7.78. The Labute approximate surface area is 138 Å². The summed E-state index contributed by atoms with van der Waals surface area (Å²) in [5.41, 5.74) is 2.39. The van der Waals surface area contributed by atoms with Crippen LogP contribution in [0.25, 0.3) is 0 Å². The number of aromatic nitrogens is 2. The van der Waals surface area contributed by atoms with E-state index < -0.39 is 0 Å². The minimum absolute atomic E-state index is 0.0622. The molecule has 3 rings (SSSR count). The zero-order valence-corrected chi connectivity index (χ0v) is 13.8. The van der Waals surface area contributed by atoms with Crippen LogP contribution in [0.4, 0.5) is 5.69 Å². The van der Waals surface area contributed by atoms with Crippen LogP contribution in [-0.4, -0.2) is 21.1 Å². The fourth-order valence-corrected chi connectivity index (χ4v) is 3.44. The third-order valence-corrected chi connectivity index (χ3v) is 4.85. The monoisotopic (exact) mass is 329 g/mol. The maximum absolute atomic E-state index is 12.2. The van der Waals surface area contributed by atoms with Crippen molar-refractivity contribution < 1.29 is 4.79 Å². The molecule has 1 heterocycles. The molecule has 6 heteroatoms. The summed E-state index contributed by atoms with van der Waals surface area (Å²) in [5, 5.41) is 3.03. The standard InChI is InChI=1S/C17H19N3O2S/c1-11(15(21)18-12-7-3-2-4-8-12)23-17-19-14-10-6-5-9-13(14)16(22)20-17/h2-4,7-8,11H,5-6,9-10H2,1H3,(H,18,21)(H,19,20,22). The van der Waals surface area contributed by atoms with Crippen LogP contribution >= 0.6 is 11.8 Å². The fourth-order valence-electron chi connectivity index (χ4n) is 2.62. The molecular weight excluding hydrogens is 310 g/mol. The highest BCUT2D eigenvalue weighted by atomic mass is 32.2. The van der Waals surface area contributed by atoms with Crippen molar-refractivity contribution in [3.8, 4) is 0 Å². The van der Waals surface area contributed by atoms with Crippen LogP contribution in [0, 0.1) is 0 Å². The number of carbonyl (C=O) groups is 1. The lowest BCUT2D eigenvalue weighted by Crippen LogP contribution is -2.25. The van der Waals surface area contributed by atoms with Gasteiger partial charge in [0.05, 0.1) is 10.9 Å². The number of aryl methyl sites for hydroxylation is 1. The molecule has 1 aliphatic rings. The summed E-state index contributed by atoms with van der Waals surface area (Å²) in [7, 11) is 0. The summed E-state index contributed by atoms with van der Waals surface area (Å²) < 4.78 is 0. The predicted molar refractivity (Wildman–Crippen MR) is 91.9 cm³/mol. The molecule has 1 atom stereocenters. The van der Waals surface area contributed by atoms with E-state index in [2.05, 4.69) is 15.3 Å². The second kappa shape index (κ2) is 7.00. The van der Waals surface area contributed by atoms with E-state index in [0.717, 1.165) is 42.6 Å². The van der Waals surface area contributed by atoms with Gasteiger partial charge in [-0.1, -0.05) is 30.0 Å². The molecule has 0 fully saturated rings. The third kappa shape index (κ3) is 3.82. The number of aromatic amines is 1. The largest absolute Gasteiger partial charge is 0.325 e. The molecule has 120 valence electrons. The molecule has 0 saturated carbocycles. The van der Waals surface area contributed by atoms with Crippen LogP contribution in [0.2, 0.25) is 0 Å². The maximum atomic E-state index is 12.2. The molecule has 1 aliphatic carbocycles. The van der Waals surface area contributed by atoms with E-state index in [9.17, 15) is 9.59 Å². The van der Waals surface area contributed by atoms with Gasteiger partial charge < -0.3 is 10.3 Å². The number of fused-ring (bicyclic) bond motifs is 1. The second-order valence-electron chi connectivity index (χ2n) is 5.62. The first-order chi connectivity index (χ1) is 11.1. The predicted octanol–water partition coefficient (Wildman–Crippen LogP) is 2.77. The molecule has 2 N–H and O–H groups in total. The molecule has 2 aromatic rings. The molecule has 23 heavy (non-hydrogen) atoms. The van der Waals surface area contributed by atoms with Crippen molar-refractivity contribution in [3.05, 3.63) is 51.9 Å². The summed E-state index contributed by atoms with van der Waals surface area (Å²) >= 11 is 1.28. The lowest BCUT2D eigenvalue weighted by molar-refractivity contribution is -0.115. The maximum Gasteiger partial charge on any atom is 0.254 e. The number of carbonyl (C=O) groups excluding carboxylic acids is 1. The third-order valence-electron chi connectivity index (χ3n) is 3.87. The van der Waals surface area contributed by atoms with Gasteiger partial charge in [-0.2, -0.15) is 0 Å². The number of anilines is 1. The summed E-state index contributed by atoms with van der Waals surface area (Å²) in [6.07, 6.45) is 3.75. The minimum Gasteiger partial charge on any atom is -0.325 e. The van der Waals surface area contributed by atoms with Crippen LogP contribution in [0.5, 0.6) is 0 Å². The highest BCUT2D eigenvalue weighted by Gasteiger charge is 2.19. The van der Waals surface area contributed by atoms with Gasteiger partial charge in [0.1, 0.15) is 0 Å². The number of H-pyrrole nitrogens is 1. The average Bonchev–Trinajstić information content (AvgIpc) is 2.56. The number of amides is 1. The van der Waals surface area contributed by atoms with Crippen LogP contribution in [0.15, 0.2) is 40.3 Å². The molecule has 0 bridgehead atoms. The Bertz CT molecular complexity index is 758. The van der Waals surface area contributed by atoms with Gasteiger partial charge >= 0.3 is 0 Å². The van der Waals surface area contributed by atoms with Gasteiger partial charge in [0.15, 0.2) is 5.16 Å². The first-order valence-corrected chi connectivity index (χ1v) is 8.66. The van der Waals surface area contributed by atoms with E-state index in [0.29, 0.717) is 5.16 Å². The van der Waals surface area contributed by atoms with Gasteiger partial charge in [0, 0.05) is 11.3 Å². The number of benzene rings is 1. The number of thioether (sulfide) groups is 1. The summed E-state index contributed by atoms with van der Waals surface area (Å²) in [5.74, 6) is -0.110. The van der Waals surface area contributed by atoms with Crippen molar-refractivity contribution in [1.29, 1.82) is 0 Å². The lowest BCUT2D eigenvalue weighted by Gasteiger charge is -2.16. The Hall–Kier alpha value is -2.08. The summed E-state index contributed by atoms with van der Waals surface area (Å²) in [4.78, 5) is 31.7. The fraction of sp³-hybridized carbons (Fsp3) is 0.353. The van der Waals surface area contributed by atoms with E-state index >= 15 is 0 Å². The van der Waals surface area contributed by atoms with E-state index in [4.69, 9.17) is 0 Å². The zero-order chi connectivity index (χ0) is 16.2. The van der Waals surface area contributed by atoms with Crippen molar-refractivity contribution in [2.75, 3.05) is 5.32 Å². The average molecular weight is 329 g/mol. The van der Waals surface area contributed by atoms with Gasteiger partial charge in [-0.3, -0.25) is 9.59 Å². The van der Waals surface area contributed by atoms with Crippen LogP contribution in [0.3, 0.4) is 0 Å². The number of hydrogen-bond donors (Lipinski definition) is 2. The zero-order valence-electron chi connectivity index (χ0n) is 13.0. The lowest BCUT2D eigenvalue weighted by atomic mass is 9.97. The number of rotatable bonds is 4. The van der Waals surface area contributed by atoms with Gasteiger partial charge in [0.2, 0.25) is 5.91 Å². The number of para-hydroxylation sites is 1. The minimum atomic E-state index is -0.347. The normalized spacial score (nSPS) is 14.8. The van der Waals surface area contributed by atoms with E-state index in [-0.39, 0.29) is 16.7 Å². The molecule has 1 unspecified atom stereocenters. The van der Waals surface area contributed by atoms with Gasteiger partial charge in [-0.15, -0.1) is 0 Å². The van der Waals surface area contributed by atoms with Crippen LogP contribution < -0.4 is 10.9 Å². The molecule has 0 spiro atoms. The summed E-state index contributed by atoms with van der Waals surface area (Å²) in [6.45, 7) is 1.81. The number of nitrogens with one attached hydrogen (secondary N) is 2. The Morgan fingerprint density at radius 3 is 2.78 bits per heavy atom. The van der Waals surface area contributed by atoms with Crippen molar-refractivity contribution in [3.63, 3.8) is 0 Å². The quantitative estimate of drug-likeness (QED) is 0.668. The van der Waals surface area contributed by atoms with Gasteiger partial charge in [0.25, 0.3) is 5.56 Å². The molecular formula is C17H19N3O2S. The molecule has 5 nitrogen and oxygen atoms in total. The Kier molecular flexibility index (Phi) is 4.81. The Morgan fingerprint density at radius 1 is 1.26 bits per heavy atom. The van der Waals surface area contributed by atoms with E-state index in [1.165, 1.54) is 11.8 Å². The van der Waals surface area contributed by atoms with Gasteiger partial charge in [-0.05, 0) is 44.7 Å². The van der Waals surface area contributed by atoms with Crippen LogP contribution in [0.1, 0.15) is 31.0 Å². The topological polar surface area (TPSA) is 74.8 Å². The van der Waals surface area contributed by atoms with Crippen molar-refractivity contribution in [2.24, 2.45) is 0 Å². The molecule has 1 aromatic carbocycles.